The highest BCUT2D eigenvalue weighted by atomic mass is 32.2. The summed E-state index contributed by atoms with van der Waals surface area (Å²) in [5.74, 6) is -1.12. The number of ether oxygens (including phenoxy) is 1. The quantitative estimate of drug-likeness (QED) is 0.676. The average molecular weight is 416 g/mol. The lowest BCUT2D eigenvalue weighted by Gasteiger charge is -2.14. The van der Waals surface area contributed by atoms with Gasteiger partial charge in [0.2, 0.25) is 0 Å². The van der Waals surface area contributed by atoms with Crippen molar-refractivity contribution in [2.75, 3.05) is 4.72 Å². The van der Waals surface area contributed by atoms with Crippen LogP contribution in [0.1, 0.15) is 41.3 Å². The molecule has 0 bridgehead atoms. The Morgan fingerprint density at radius 1 is 1.10 bits per heavy atom. The summed E-state index contributed by atoms with van der Waals surface area (Å²) in [7, 11) is -3.89. The highest BCUT2D eigenvalue weighted by molar-refractivity contribution is 7.92. The summed E-state index contributed by atoms with van der Waals surface area (Å²) in [4.78, 5) is 24.3. The van der Waals surface area contributed by atoms with Gasteiger partial charge in [-0.2, -0.15) is 0 Å². The van der Waals surface area contributed by atoms with Crippen LogP contribution in [0.2, 0.25) is 0 Å². The van der Waals surface area contributed by atoms with Gasteiger partial charge in [-0.25, -0.2) is 13.2 Å². The monoisotopic (exact) mass is 416 g/mol. The van der Waals surface area contributed by atoms with Crippen LogP contribution in [0, 0.1) is 13.8 Å². The van der Waals surface area contributed by atoms with E-state index in [0.29, 0.717) is 5.69 Å². The number of hydrogen-bond acceptors (Lipinski definition) is 5. The van der Waals surface area contributed by atoms with Crippen molar-refractivity contribution in [1.82, 2.24) is 5.32 Å². The van der Waals surface area contributed by atoms with Crippen LogP contribution in [0.4, 0.5) is 5.69 Å². The van der Waals surface area contributed by atoms with E-state index in [2.05, 4.69) is 10.0 Å². The van der Waals surface area contributed by atoms with Crippen molar-refractivity contribution in [1.29, 1.82) is 0 Å². The molecule has 1 atom stereocenters. The molecule has 0 radical (unpaired) electrons. The van der Waals surface area contributed by atoms with Crippen molar-refractivity contribution in [3.05, 3.63) is 59.2 Å². The highest BCUT2D eigenvalue weighted by Gasteiger charge is 2.27. The first-order chi connectivity index (χ1) is 13.7. The van der Waals surface area contributed by atoms with Crippen LogP contribution < -0.4 is 10.0 Å². The van der Waals surface area contributed by atoms with E-state index in [4.69, 9.17) is 4.74 Å². The Kier molecular flexibility index (Phi) is 5.93. The fourth-order valence-electron chi connectivity index (χ4n) is 2.75. The molecular formula is C21H24N2O5S. The number of sulfonamides is 1. The van der Waals surface area contributed by atoms with Gasteiger partial charge in [-0.15, -0.1) is 0 Å². The van der Waals surface area contributed by atoms with Crippen LogP contribution >= 0.6 is 0 Å². The molecule has 2 aromatic carbocycles. The number of carbonyl (C=O) groups excluding carboxylic acids is 2. The molecule has 0 saturated heterocycles. The zero-order valence-electron chi connectivity index (χ0n) is 16.6. The van der Waals surface area contributed by atoms with Gasteiger partial charge < -0.3 is 10.1 Å². The van der Waals surface area contributed by atoms with Gasteiger partial charge in [-0.05, 0) is 63.4 Å². The first-order valence-electron chi connectivity index (χ1n) is 9.37. The van der Waals surface area contributed by atoms with Gasteiger partial charge in [-0.3, -0.25) is 9.52 Å². The van der Waals surface area contributed by atoms with Gasteiger partial charge in [0.25, 0.3) is 15.9 Å². The van der Waals surface area contributed by atoms with Crippen LogP contribution in [-0.2, 0) is 19.6 Å². The Labute approximate surface area is 170 Å². The summed E-state index contributed by atoms with van der Waals surface area (Å²) in [5.41, 5.74) is 2.34. The number of anilines is 1. The molecule has 0 unspecified atom stereocenters. The minimum absolute atomic E-state index is 0.0552. The first-order valence-corrected chi connectivity index (χ1v) is 10.9. The van der Waals surface area contributed by atoms with Crippen LogP contribution in [-0.4, -0.2) is 32.4 Å². The van der Waals surface area contributed by atoms with E-state index in [0.717, 1.165) is 24.0 Å². The maximum absolute atomic E-state index is 12.7. The van der Waals surface area contributed by atoms with E-state index in [1.54, 1.807) is 6.07 Å². The van der Waals surface area contributed by atoms with Crippen LogP contribution in [0.5, 0.6) is 0 Å². The van der Waals surface area contributed by atoms with Crippen molar-refractivity contribution in [3.8, 4) is 0 Å². The van der Waals surface area contributed by atoms with Gasteiger partial charge in [0, 0.05) is 6.04 Å². The van der Waals surface area contributed by atoms with Gasteiger partial charge in [-0.1, -0.05) is 23.8 Å². The molecule has 1 amide bonds. The van der Waals surface area contributed by atoms with E-state index in [1.807, 2.05) is 26.0 Å². The maximum atomic E-state index is 12.7. The third kappa shape index (κ3) is 5.35. The highest BCUT2D eigenvalue weighted by Crippen LogP contribution is 2.22. The molecule has 3 rings (SSSR count). The predicted molar refractivity (Wildman–Crippen MR) is 109 cm³/mol. The number of amides is 1. The lowest BCUT2D eigenvalue weighted by molar-refractivity contribution is -0.129. The first kappa shape index (κ1) is 20.9. The van der Waals surface area contributed by atoms with Gasteiger partial charge in [0.15, 0.2) is 6.10 Å². The van der Waals surface area contributed by atoms with Crippen molar-refractivity contribution < 1.29 is 22.7 Å². The standard InChI is InChI=1S/C21H24N2O5S/c1-13-7-10-19(14(2)11-13)23-29(26,27)18-6-4-5-16(12-18)21(25)28-15(3)20(24)22-17-8-9-17/h4-7,10-12,15,17,23H,8-9H2,1-3H3,(H,22,24)/t15-/m1/s1. The van der Waals surface area contributed by atoms with E-state index in [-0.39, 0.29) is 22.4 Å². The Morgan fingerprint density at radius 3 is 2.48 bits per heavy atom. The average Bonchev–Trinajstić information content (AvgIpc) is 3.48. The number of benzene rings is 2. The van der Waals surface area contributed by atoms with Crippen molar-refractivity contribution in [2.45, 2.75) is 50.7 Å². The molecule has 154 valence electrons. The molecule has 0 aromatic heterocycles. The molecule has 2 aromatic rings. The Hall–Kier alpha value is -2.87. The lowest BCUT2D eigenvalue weighted by Crippen LogP contribution is -2.37. The smallest absolute Gasteiger partial charge is 0.338 e. The van der Waals surface area contributed by atoms with Crippen molar-refractivity contribution in [2.24, 2.45) is 0 Å². The molecule has 0 spiro atoms. The zero-order valence-corrected chi connectivity index (χ0v) is 17.4. The molecular weight excluding hydrogens is 392 g/mol. The summed E-state index contributed by atoms with van der Waals surface area (Å²) < 4.78 is 33.2. The van der Waals surface area contributed by atoms with E-state index < -0.39 is 22.1 Å². The number of hydrogen-bond donors (Lipinski definition) is 2. The summed E-state index contributed by atoms with van der Waals surface area (Å²) in [6.45, 7) is 5.22. The molecule has 29 heavy (non-hydrogen) atoms. The van der Waals surface area contributed by atoms with E-state index in [1.165, 1.54) is 31.2 Å². The molecule has 2 N–H and O–H groups in total. The molecule has 0 aliphatic heterocycles. The summed E-state index contributed by atoms with van der Waals surface area (Å²) in [6.07, 6.45) is 0.899. The molecule has 1 fully saturated rings. The second-order valence-corrected chi connectivity index (χ2v) is 8.96. The normalized spacial score (nSPS) is 14.7. The van der Waals surface area contributed by atoms with E-state index >= 15 is 0 Å². The Balaban J connectivity index is 1.73. The van der Waals surface area contributed by atoms with Gasteiger partial charge >= 0.3 is 5.97 Å². The summed E-state index contributed by atoms with van der Waals surface area (Å²) in [5, 5.41) is 2.76. The lowest BCUT2D eigenvalue weighted by atomic mass is 10.1. The number of nitrogens with one attached hydrogen (secondary N) is 2. The third-order valence-electron chi connectivity index (χ3n) is 4.58. The molecule has 1 aliphatic rings. The van der Waals surface area contributed by atoms with Crippen molar-refractivity contribution >= 4 is 27.6 Å². The van der Waals surface area contributed by atoms with E-state index in [9.17, 15) is 18.0 Å². The second-order valence-electron chi connectivity index (χ2n) is 7.28. The maximum Gasteiger partial charge on any atom is 0.338 e. The second kappa shape index (κ2) is 8.24. The zero-order chi connectivity index (χ0) is 21.2. The topological polar surface area (TPSA) is 102 Å². The fourth-order valence-corrected chi connectivity index (χ4v) is 3.93. The SMILES string of the molecule is Cc1ccc(NS(=O)(=O)c2cccc(C(=O)O[C@H](C)C(=O)NC3CC3)c2)c(C)c1. The van der Waals surface area contributed by atoms with Crippen LogP contribution in [0.15, 0.2) is 47.4 Å². The number of rotatable bonds is 7. The minimum atomic E-state index is -3.89. The van der Waals surface area contributed by atoms with Crippen molar-refractivity contribution in [3.63, 3.8) is 0 Å². The molecule has 0 heterocycles. The van der Waals surface area contributed by atoms with Crippen LogP contribution in [0.25, 0.3) is 0 Å². The number of aryl methyl sites for hydroxylation is 2. The molecule has 7 nitrogen and oxygen atoms in total. The predicted octanol–water partition coefficient (Wildman–Crippen LogP) is 2.93. The van der Waals surface area contributed by atoms with Gasteiger partial charge in [0.1, 0.15) is 0 Å². The molecule has 1 aliphatic carbocycles. The molecule has 8 heteroatoms. The summed E-state index contributed by atoms with van der Waals surface area (Å²) >= 11 is 0. The third-order valence-corrected chi connectivity index (χ3v) is 5.95. The Morgan fingerprint density at radius 2 is 1.83 bits per heavy atom. The van der Waals surface area contributed by atoms with Crippen LogP contribution in [0.3, 0.4) is 0 Å². The molecule has 1 saturated carbocycles. The number of carbonyl (C=O) groups is 2. The summed E-state index contributed by atoms with van der Waals surface area (Å²) in [6, 6.07) is 11.1. The minimum Gasteiger partial charge on any atom is -0.449 e. The fraction of sp³-hybridized carbons (Fsp3) is 0.333. The Bertz CT molecular complexity index is 1040. The number of esters is 1. The van der Waals surface area contributed by atoms with Gasteiger partial charge in [0.05, 0.1) is 16.1 Å². The largest absolute Gasteiger partial charge is 0.449 e.